The maximum atomic E-state index is 11.4. The molecule has 32 heavy (non-hydrogen) atoms. The number of hydrogen-bond acceptors (Lipinski definition) is 6. The van der Waals surface area contributed by atoms with Crippen molar-refractivity contribution in [1.29, 1.82) is 0 Å². The second-order valence-corrected chi connectivity index (χ2v) is 10.4. The molecular formula is C25H22BrN3OS2. The Hall–Kier alpha value is -2.45. The molecule has 0 radical (unpaired) electrons. The van der Waals surface area contributed by atoms with Crippen LogP contribution in [0.5, 0.6) is 0 Å². The number of rotatable bonds is 8. The van der Waals surface area contributed by atoms with Crippen molar-refractivity contribution < 1.29 is 4.79 Å². The first-order valence-electron chi connectivity index (χ1n) is 9.99. The molecule has 0 aliphatic carbocycles. The molecule has 0 aliphatic heterocycles. The summed E-state index contributed by atoms with van der Waals surface area (Å²) in [6.07, 6.45) is 4.64. The second-order valence-electron chi connectivity index (χ2n) is 7.56. The van der Waals surface area contributed by atoms with Crippen LogP contribution >= 0.6 is 39.2 Å². The normalized spacial score (nSPS) is 11.0. The lowest BCUT2D eigenvalue weighted by Crippen LogP contribution is -2.12. The summed E-state index contributed by atoms with van der Waals surface area (Å²) in [5, 5.41) is 0. The second kappa shape index (κ2) is 10.4. The third kappa shape index (κ3) is 5.66. The van der Waals surface area contributed by atoms with Crippen LogP contribution in [0.15, 0.2) is 82.4 Å². The minimum Gasteiger partial charge on any atom is -0.324 e. The number of anilines is 1. The summed E-state index contributed by atoms with van der Waals surface area (Å²) in [5.74, 6) is 0. The standard InChI is InChI=1S/C25H22BrN3OS2/c1-29(2)15-20-10-17(6-7-18(20)16-30)24-8-9-25(31-24)19-11-22(14-27-13-19)28-32-23-5-3-4-21(26)12-23/h3-14,16,28H,15H2,1-2H3. The number of aldehydes is 1. The first-order valence-corrected chi connectivity index (χ1v) is 12.4. The summed E-state index contributed by atoms with van der Waals surface area (Å²) in [6.45, 7) is 0.730. The topological polar surface area (TPSA) is 45.2 Å². The molecule has 0 saturated carbocycles. The van der Waals surface area contributed by atoms with Crippen molar-refractivity contribution in [3.63, 3.8) is 0 Å². The highest BCUT2D eigenvalue weighted by Crippen LogP contribution is 2.36. The molecule has 0 bridgehead atoms. The zero-order chi connectivity index (χ0) is 22.5. The number of thiophene rings is 1. The van der Waals surface area contributed by atoms with Crippen LogP contribution in [0, 0.1) is 0 Å². The monoisotopic (exact) mass is 523 g/mol. The fourth-order valence-electron chi connectivity index (χ4n) is 3.28. The molecule has 0 aliphatic rings. The fraction of sp³-hybridized carbons (Fsp3) is 0.120. The molecule has 0 saturated heterocycles. The molecule has 2 aromatic heterocycles. The molecule has 7 heteroatoms. The van der Waals surface area contributed by atoms with Crippen molar-refractivity contribution in [2.75, 3.05) is 18.8 Å². The van der Waals surface area contributed by atoms with Crippen molar-refractivity contribution >= 4 is 51.2 Å². The number of benzene rings is 2. The average molecular weight is 525 g/mol. The first kappa shape index (κ1) is 22.7. The van der Waals surface area contributed by atoms with Gasteiger partial charge in [-0.1, -0.05) is 34.1 Å². The maximum absolute atomic E-state index is 11.4. The molecule has 4 nitrogen and oxygen atoms in total. The van der Waals surface area contributed by atoms with Crippen molar-refractivity contribution in [2.24, 2.45) is 0 Å². The number of carbonyl (C=O) groups is 1. The smallest absolute Gasteiger partial charge is 0.150 e. The highest BCUT2D eigenvalue weighted by molar-refractivity contribution is 9.10. The van der Waals surface area contributed by atoms with Crippen LogP contribution < -0.4 is 4.72 Å². The minimum atomic E-state index is 0.730. The lowest BCUT2D eigenvalue weighted by molar-refractivity contribution is 0.112. The average Bonchev–Trinajstić information content (AvgIpc) is 3.28. The predicted molar refractivity (Wildman–Crippen MR) is 139 cm³/mol. The van der Waals surface area contributed by atoms with Crippen molar-refractivity contribution in [3.05, 3.63) is 88.7 Å². The molecule has 2 heterocycles. The highest BCUT2D eigenvalue weighted by Gasteiger charge is 2.10. The van der Waals surface area contributed by atoms with Crippen LogP contribution in [0.25, 0.3) is 20.9 Å². The Kier molecular flexibility index (Phi) is 7.42. The Morgan fingerprint density at radius 2 is 1.84 bits per heavy atom. The predicted octanol–water partition coefficient (Wildman–Crippen LogP) is 7.23. The highest BCUT2D eigenvalue weighted by atomic mass is 79.9. The van der Waals surface area contributed by atoms with Gasteiger partial charge in [-0.2, -0.15) is 0 Å². The minimum absolute atomic E-state index is 0.730. The molecule has 4 aromatic rings. The quantitative estimate of drug-likeness (QED) is 0.195. The van der Waals surface area contributed by atoms with Gasteiger partial charge in [-0.15, -0.1) is 11.3 Å². The van der Waals surface area contributed by atoms with E-state index in [1.165, 1.54) is 4.88 Å². The molecule has 162 valence electrons. The molecule has 0 atom stereocenters. The van der Waals surface area contributed by atoms with Gasteiger partial charge in [-0.05, 0) is 79.6 Å². The van der Waals surface area contributed by atoms with Gasteiger partial charge in [0, 0.05) is 43.0 Å². The summed E-state index contributed by atoms with van der Waals surface area (Å²) in [7, 11) is 4.01. The van der Waals surface area contributed by atoms with E-state index in [2.05, 4.69) is 66.9 Å². The van der Waals surface area contributed by atoms with E-state index in [0.29, 0.717) is 0 Å². The van der Waals surface area contributed by atoms with E-state index in [0.717, 1.165) is 55.0 Å². The number of nitrogens with zero attached hydrogens (tertiary/aromatic N) is 2. The third-order valence-electron chi connectivity index (χ3n) is 4.75. The first-order chi connectivity index (χ1) is 15.5. The van der Waals surface area contributed by atoms with Crippen LogP contribution in [0.4, 0.5) is 5.69 Å². The number of halogens is 1. The van der Waals surface area contributed by atoms with Gasteiger partial charge in [0.1, 0.15) is 6.29 Å². The number of carbonyl (C=O) groups excluding carboxylic acids is 1. The SMILES string of the molecule is CN(C)Cc1cc(-c2ccc(-c3cncc(NSc4cccc(Br)c4)c3)s2)ccc1C=O. The molecule has 4 rings (SSSR count). The zero-order valence-electron chi connectivity index (χ0n) is 17.7. The summed E-state index contributed by atoms with van der Waals surface area (Å²) >= 11 is 6.78. The molecule has 0 fully saturated rings. The molecule has 0 unspecified atom stereocenters. The lowest BCUT2D eigenvalue weighted by Gasteiger charge is -2.12. The van der Waals surface area contributed by atoms with Crippen LogP contribution in [0.2, 0.25) is 0 Å². The van der Waals surface area contributed by atoms with Crippen molar-refractivity contribution in [1.82, 2.24) is 9.88 Å². The van der Waals surface area contributed by atoms with Gasteiger partial charge in [-0.25, -0.2) is 0 Å². The van der Waals surface area contributed by atoms with Gasteiger partial charge in [0.15, 0.2) is 0 Å². The third-order valence-corrected chi connectivity index (χ3v) is 7.26. The van der Waals surface area contributed by atoms with Gasteiger partial charge in [-0.3, -0.25) is 9.78 Å². The van der Waals surface area contributed by atoms with Crippen LogP contribution in [0.3, 0.4) is 0 Å². The van der Waals surface area contributed by atoms with Gasteiger partial charge in [0.05, 0.1) is 11.9 Å². The molecule has 2 aromatic carbocycles. The van der Waals surface area contributed by atoms with Crippen molar-refractivity contribution in [2.45, 2.75) is 11.4 Å². The Morgan fingerprint density at radius 1 is 1.03 bits per heavy atom. The van der Waals surface area contributed by atoms with Gasteiger partial charge in [0.25, 0.3) is 0 Å². The summed E-state index contributed by atoms with van der Waals surface area (Å²) in [5.41, 5.74) is 4.92. The van der Waals surface area contributed by atoms with Crippen molar-refractivity contribution in [3.8, 4) is 20.9 Å². The largest absolute Gasteiger partial charge is 0.324 e. The zero-order valence-corrected chi connectivity index (χ0v) is 20.9. The van der Waals surface area contributed by atoms with Crippen LogP contribution in [-0.2, 0) is 6.54 Å². The lowest BCUT2D eigenvalue weighted by atomic mass is 10.0. The maximum Gasteiger partial charge on any atom is 0.150 e. The van der Waals surface area contributed by atoms with E-state index >= 15 is 0 Å². The van der Waals surface area contributed by atoms with E-state index in [9.17, 15) is 4.79 Å². The number of nitrogens with one attached hydrogen (secondary N) is 1. The molecule has 0 amide bonds. The fourth-order valence-corrected chi connectivity index (χ4v) is 5.49. The number of pyridine rings is 1. The molecular weight excluding hydrogens is 502 g/mol. The van der Waals surface area contributed by atoms with Crippen LogP contribution in [0.1, 0.15) is 15.9 Å². The van der Waals surface area contributed by atoms with Gasteiger partial charge in [0.2, 0.25) is 0 Å². The van der Waals surface area contributed by atoms with E-state index in [1.54, 1.807) is 23.3 Å². The Labute approximate surface area is 205 Å². The summed E-state index contributed by atoms with van der Waals surface area (Å²) < 4.78 is 4.43. The van der Waals surface area contributed by atoms with Gasteiger partial charge < -0.3 is 9.62 Å². The number of aromatic nitrogens is 1. The number of hydrogen-bond donors (Lipinski definition) is 1. The Balaban J connectivity index is 1.54. The van der Waals surface area contributed by atoms with E-state index < -0.39 is 0 Å². The molecule has 1 N–H and O–H groups in total. The Morgan fingerprint density at radius 3 is 2.59 bits per heavy atom. The van der Waals surface area contributed by atoms with E-state index in [1.807, 2.05) is 50.8 Å². The summed E-state index contributed by atoms with van der Waals surface area (Å²) in [4.78, 5) is 21.3. The van der Waals surface area contributed by atoms with E-state index in [-0.39, 0.29) is 0 Å². The Bertz CT molecular complexity index is 1240. The van der Waals surface area contributed by atoms with Crippen LogP contribution in [-0.4, -0.2) is 30.3 Å². The van der Waals surface area contributed by atoms with Gasteiger partial charge >= 0.3 is 0 Å². The van der Waals surface area contributed by atoms with E-state index in [4.69, 9.17) is 0 Å². The summed E-state index contributed by atoms with van der Waals surface area (Å²) in [6, 6.07) is 20.6. The molecule has 0 spiro atoms.